The van der Waals surface area contributed by atoms with Gasteiger partial charge in [-0.1, -0.05) is 30.1 Å². The maximum atomic E-state index is 13.5. The van der Waals surface area contributed by atoms with Crippen LogP contribution in [-0.2, 0) is 13.0 Å². The molecule has 0 bridgehead atoms. The zero-order valence-corrected chi connectivity index (χ0v) is 12.7. The summed E-state index contributed by atoms with van der Waals surface area (Å²) in [6.07, 6.45) is 2.49. The Labute approximate surface area is 127 Å². The van der Waals surface area contributed by atoms with E-state index in [4.69, 9.17) is 27.6 Å². The summed E-state index contributed by atoms with van der Waals surface area (Å²) in [6, 6.07) is 2.53. The molecule has 0 amide bonds. The smallest absolute Gasteiger partial charge is 0.208 e. The summed E-state index contributed by atoms with van der Waals surface area (Å²) < 4.78 is 19.0. The predicted octanol–water partition coefficient (Wildman–Crippen LogP) is 4.53. The van der Waals surface area contributed by atoms with E-state index in [1.165, 1.54) is 12.1 Å². The number of aryl methyl sites for hydroxylation is 1. The molecule has 0 aliphatic heterocycles. The molecule has 1 aromatic carbocycles. The van der Waals surface area contributed by atoms with Gasteiger partial charge in [0.25, 0.3) is 0 Å². The third-order valence-corrected chi connectivity index (χ3v) is 3.74. The first kappa shape index (κ1) is 15.3. The quantitative estimate of drug-likeness (QED) is 0.823. The predicted molar refractivity (Wildman–Crippen MR) is 77.6 cm³/mol. The van der Waals surface area contributed by atoms with E-state index in [2.05, 4.69) is 10.3 Å². The fourth-order valence-corrected chi connectivity index (χ4v) is 2.57. The summed E-state index contributed by atoms with van der Waals surface area (Å²) in [4.78, 5) is 4.15. The molecule has 0 aliphatic rings. The first-order valence-corrected chi connectivity index (χ1v) is 7.08. The molecule has 0 radical (unpaired) electrons. The minimum absolute atomic E-state index is 0.0409. The van der Waals surface area contributed by atoms with Gasteiger partial charge < -0.3 is 9.73 Å². The van der Waals surface area contributed by atoms with Gasteiger partial charge in [0.05, 0.1) is 17.8 Å². The van der Waals surface area contributed by atoms with Crippen molar-refractivity contribution in [3.63, 3.8) is 0 Å². The molecule has 20 heavy (non-hydrogen) atoms. The number of nitrogens with zero attached hydrogens (tertiary/aromatic N) is 1. The van der Waals surface area contributed by atoms with Crippen LogP contribution in [0.3, 0.4) is 0 Å². The maximum Gasteiger partial charge on any atom is 0.208 e. The summed E-state index contributed by atoms with van der Waals surface area (Å²) in [6.45, 7) is 4.27. The van der Waals surface area contributed by atoms with Gasteiger partial charge in [0.15, 0.2) is 0 Å². The van der Waals surface area contributed by atoms with E-state index in [1.54, 1.807) is 6.20 Å². The molecule has 0 fully saturated rings. The second kappa shape index (κ2) is 6.57. The highest BCUT2D eigenvalue weighted by molar-refractivity contribution is 6.36. The van der Waals surface area contributed by atoms with Crippen LogP contribution < -0.4 is 5.32 Å². The van der Waals surface area contributed by atoms with Gasteiger partial charge in [0.1, 0.15) is 11.6 Å². The Hall–Kier alpha value is -1.10. The van der Waals surface area contributed by atoms with Crippen LogP contribution in [0.2, 0.25) is 10.0 Å². The Kier molecular flexibility index (Phi) is 5.02. The van der Waals surface area contributed by atoms with Crippen molar-refractivity contribution in [2.45, 2.75) is 32.9 Å². The van der Waals surface area contributed by atoms with Crippen molar-refractivity contribution < 1.29 is 8.81 Å². The number of oxazole rings is 1. The van der Waals surface area contributed by atoms with Gasteiger partial charge in [-0.25, -0.2) is 9.37 Å². The number of aromatic nitrogens is 1. The lowest BCUT2D eigenvalue weighted by Crippen LogP contribution is -2.19. The Morgan fingerprint density at radius 3 is 2.80 bits per heavy atom. The van der Waals surface area contributed by atoms with Crippen LogP contribution in [0.4, 0.5) is 4.39 Å². The van der Waals surface area contributed by atoms with Crippen molar-refractivity contribution in [2.75, 3.05) is 0 Å². The average molecular weight is 317 g/mol. The molecule has 0 spiro atoms. The third-order valence-electron chi connectivity index (χ3n) is 3.02. The molecule has 0 saturated heterocycles. The Morgan fingerprint density at radius 1 is 1.40 bits per heavy atom. The summed E-state index contributed by atoms with van der Waals surface area (Å²) in [5.74, 6) is 0.928. The highest BCUT2D eigenvalue weighted by Crippen LogP contribution is 2.32. The van der Waals surface area contributed by atoms with E-state index in [9.17, 15) is 4.39 Å². The van der Waals surface area contributed by atoms with E-state index >= 15 is 0 Å². The highest BCUT2D eigenvalue weighted by atomic mass is 35.5. The molecule has 6 heteroatoms. The Bertz CT molecular complexity index is 601. The molecule has 1 heterocycles. The van der Waals surface area contributed by atoms with E-state index in [0.717, 1.165) is 12.2 Å². The fourth-order valence-electron chi connectivity index (χ4n) is 1.88. The van der Waals surface area contributed by atoms with E-state index < -0.39 is 5.82 Å². The molecule has 1 N–H and O–H groups in total. The van der Waals surface area contributed by atoms with Crippen molar-refractivity contribution in [3.8, 4) is 0 Å². The molecule has 1 aromatic heterocycles. The van der Waals surface area contributed by atoms with Gasteiger partial charge in [0.2, 0.25) is 5.89 Å². The second-order valence-electron chi connectivity index (χ2n) is 4.43. The number of hydrogen-bond acceptors (Lipinski definition) is 3. The number of halogens is 3. The molecule has 3 nitrogen and oxygen atoms in total. The first-order chi connectivity index (χ1) is 9.52. The summed E-state index contributed by atoms with van der Waals surface area (Å²) in [7, 11) is 0. The summed E-state index contributed by atoms with van der Waals surface area (Å²) in [5, 5.41) is 3.64. The van der Waals surface area contributed by atoms with E-state index in [1.807, 2.05) is 13.8 Å². The second-order valence-corrected chi connectivity index (χ2v) is 5.22. The third kappa shape index (κ3) is 3.32. The van der Waals surface area contributed by atoms with Crippen LogP contribution in [0.5, 0.6) is 0 Å². The normalized spacial score (nSPS) is 12.7. The molecule has 1 unspecified atom stereocenters. The highest BCUT2D eigenvalue weighted by Gasteiger charge is 2.17. The van der Waals surface area contributed by atoms with Gasteiger partial charge in [0, 0.05) is 23.0 Å². The van der Waals surface area contributed by atoms with Crippen LogP contribution in [0.15, 0.2) is 22.7 Å². The zero-order chi connectivity index (χ0) is 14.7. The Morgan fingerprint density at radius 2 is 2.15 bits per heavy atom. The lowest BCUT2D eigenvalue weighted by atomic mass is 10.1. The fraction of sp³-hybridized carbons (Fsp3) is 0.357. The van der Waals surface area contributed by atoms with Crippen LogP contribution in [-0.4, -0.2) is 4.98 Å². The SMILES string of the molecule is CCc1cnc(CNC(C)c2c(Cl)ccc(F)c2Cl)o1. The summed E-state index contributed by atoms with van der Waals surface area (Å²) >= 11 is 12.0. The summed E-state index contributed by atoms with van der Waals surface area (Å²) in [5.41, 5.74) is 0.538. The Balaban J connectivity index is 2.08. The average Bonchev–Trinajstić information content (AvgIpc) is 2.89. The van der Waals surface area contributed by atoms with Crippen LogP contribution in [0.1, 0.15) is 37.1 Å². The monoisotopic (exact) mass is 316 g/mol. The standard InChI is InChI=1S/C14H15Cl2FN2O/c1-3-9-6-19-12(20-9)7-18-8(2)13-10(15)4-5-11(17)14(13)16/h4-6,8,18H,3,7H2,1-2H3. The maximum absolute atomic E-state index is 13.5. The lowest BCUT2D eigenvalue weighted by Gasteiger charge is -2.16. The molecule has 0 aliphatic carbocycles. The zero-order valence-electron chi connectivity index (χ0n) is 11.2. The number of hydrogen-bond donors (Lipinski definition) is 1. The van der Waals surface area contributed by atoms with E-state index in [0.29, 0.717) is 23.0 Å². The van der Waals surface area contributed by atoms with Crippen molar-refractivity contribution >= 4 is 23.2 Å². The number of nitrogens with one attached hydrogen (secondary N) is 1. The molecule has 0 saturated carbocycles. The van der Waals surface area contributed by atoms with Crippen molar-refractivity contribution in [3.05, 3.63) is 51.4 Å². The van der Waals surface area contributed by atoms with Crippen LogP contribution in [0, 0.1) is 5.82 Å². The van der Waals surface area contributed by atoms with Gasteiger partial charge >= 0.3 is 0 Å². The molecular formula is C14H15Cl2FN2O. The van der Waals surface area contributed by atoms with Crippen molar-refractivity contribution in [1.82, 2.24) is 10.3 Å². The number of rotatable bonds is 5. The van der Waals surface area contributed by atoms with Gasteiger partial charge in [-0.3, -0.25) is 0 Å². The topological polar surface area (TPSA) is 38.1 Å². The molecule has 1 atom stereocenters. The molecule has 2 rings (SSSR count). The number of benzene rings is 1. The van der Waals surface area contributed by atoms with Crippen molar-refractivity contribution in [2.24, 2.45) is 0 Å². The van der Waals surface area contributed by atoms with Gasteiger partial charge in [-0.2, -0.15) is 0 Å². The van der Waals surface area contributed by atoms with E-state index in [-0.39, 0.29) is 11.1 Å². The molecule has 108 valence electrons. The minimum atomic E-state index is -0.482. The first-order valence-electron chi connectivity index (χ1n) is 6.33. The van der Waals surface area contributed by atoms with Crippen molar-refractivity contribution in [1.29, 1.82) is 0 Å². The van der Waals surface area contributed by atoms with Crippen LogP contribution in [0.25, 0.3) is 0 Å². The minimum Gasteiger partial charge on any atom is -0.444 e. The largest absolute Gasteiger partial charge is 0.444 e. The van der Waals surface area contributed by atoms with Gasteiger partial charge in [-0.15, -0.1) is 0 Å². The lowest BCUT2D eigenvalue weighted by molar-refractivity contribution is 0.424. The molecular weight excluding hydrogens is 302 g/mol. The van der Waals surface area contributed by atoms with Gasteiger partial charge in [-0.05, 0) is 19.1 Å². The van der Waals surface area contributed by atoms with Crippen LogP contribution >= 0.6 is 23.2 Å². The molecule has 2 aromatic rings.